The van der Waals surface area contributed by atoms with E-state index in [4.69, 9.17) is 4.42 Å². The van der Waals surface area contributed by atoms with Gasteiger partial charge in [0.05, 0.1) is 11.3 Å². The van der Waals surface area contributed by atoms with Crippen molar-refractivity contribution in [1.82, 2.24) is 10.2 Å². The molecule has 0 aliphatic heterocycles. The van der Waals surface area contributed by atoms with Gasteiger partial charge >= 0.3 is 0 Å². The van der Waals surface area contributed by atoms with Crippen molar-refractivity contribution >= 4 is 29.1 Å². The molecule has 0 aliphatic carbocycles. The number of nitrogens with one attached hydrogen (secondary N) is 1. The third-order valence-electron chi connectivity index (χ3n) is 3.59. The summed E-state index contributed by atoms with van der Waals surface area (Å²) in [5, 5.41) is 10.6. The van der Waals surface area contributed by atoms with Crippen LogP contribution in [0.1, 0.15) is 22.8 Å². The predicted molar refractivity (Wildman–Crippen MR) is 100 cm³/mol. The smallest absolute Gasteiger partial charge is 0.277 e. The van der Waals surface area contributed by atoms with E-state index >= 15 is 0 Å². The number of carbonyl (C=O) groups excluding carboxylic acids is 2. The van der Waals surface area contributed by atoms with Crippen molar-refractivity contribution in [2.75, 3.05) is 11.1 Å². The number of carbonyl (C=O) groups is 2. The van der Waals surface area contributed by atoms with Crippen LogP contribution in [0.3, 0.4) is 0 Å². The van der Waals surface area contributed by atoms with Crippen LogP contribution in [0.2, 0.25) is 0 Å². The summed E-state index contributed by atoms with van der Waals surface area (Å²) in [6.07, 6.45) is 0. The zero-order valence-corrected chi connectivity index (χ0v) is 15.5. The number of rotatable bonds is 6. The van der Waals surface area contributed by atoms with E-state index in [0.29, 0.717) is 11.6 Å². The van der Waals surface area contributed by atoms with Gasteiger partial charge in [-0.1, -0.05) is 29.5 Å². The van der Waals surface area contributed by atoms with Gasteiger partial charge in [-0.05, 0) is 37.3 Å². The second-order valence-electron chi connectivity index (χ2n) is 5.83. The van der Waals surface area contributed by atoms with E-state index in [1.165, 1.54) is 19.1 Å². The van der Waals surface area contributed by atoms with Crippen molar-refractivity contribution in [3.63, 3.8) is 0 Å². The SMILES string of the molecule is CC(=O)Nc1ccc(C(=O)CSc2nnc(-c3cccc(C)c3)o2)c(F)c1. The fraction of sp³-hybridized carbons (Fsp3) is 0.158. The van der Waals surface area contributed by atoms with Gasteiger partial charge in [0, 0.05) is 18.2 Å². The Morgan fingerprint density at radius 1 is 1.19 bits per heavy atom. The summed E-state index contributed by atoms with van der Waals surface area (Å²) in [6.45, 7) is 3.28. The lowest BCUT2D eigenvalue weighted by Gasteiger charge is -2.05. The lowest BCUT2D eigenvalue weighted by molar-refractivity contribution is -0.114. The molecule has 1 N–H and O–H groups in total. The van der Waals surface area contributed by atoms with Crippen LogP contribution in [0, 0.1) is 12.7 Å². The highest BCUT2D eigenvalue weighted by Crippen LogP contribution is 2.25. The number of thioether (sulfide) groups is 1. The molecule has 27 heavy (non-hydrogen) atoms. The average Bonchev–Trinajstić information content (AvgIpc) is 3.08. The molecule has 1 aromatic heterocycles. The molecule has 8 heteroatoms. The van der Waals surface area contributed by atoms with E-state index in [1.54, 1.807) is 0 Å². The number of hydrogen-bond donors (Lipinski definition) is 1. The summed E-state index contributed by atoms with van der Waals surface area (Å²) in [7, 11) is 0. The Bertz CT molecular complexity index is 1000. The number of Topliss-reactive ketones (excluding diaryl/α,β-unsaturated/α-hetero) is 1. The normalized spacial score (nSPS) is 10.6. The monoisotopic (exact) mass is 385 g/mol. The second kappa shape index (κ2) is 8.13. The van der Waals surface area contributed by atoms with E-state index < -0.39 is 11.6 Å². The highest BCUT2D eigenvalue weighted by molar-refractivity contribution is 7.99. The number of benzene rings is 2. The molecule has 1 amide bonds. The summed E-state index contributed by atoms with van der Waals surface area (Å²) in [5.74, 6) is -1.12. The molecule has 0 unspecified atom stereocenters. The largest absolute Gasteiger partial charge is 0.411 e. The number of anilines is 1. The van der Waals surface area contributed by atoms with Crippen molar-refractivity contribution < 1.29 is 18.4 Å². The molecule has 138 valence electrons. The molecular formula is C19H16FN3O3S. The van der Waals surface area contributed by atoms with Gasteiger partial charge in [-0.15, -0.1) is 10.2 Å². The number of halogens is 1. The molecule has 0 spiro atoms. The molecule has 1 heterocycles. The van der Waals surface area contributed by atoms with E-state index in [9.17, 15) is 14.0 Å². The Labute approximate surface area is 159 Å². The van der Waals surface area contributed by atoms with Gasteiger partial charge in [-0.2, -0.15) is 0 Å². The molecule has 0 saturated carbocycles. The van der Waals surface area contributed by atoms with E-state index in [2.05, 4.69) is 15.5 Å². The first-order chi connectivity index (χ1) is 12.9. The molecular weight excluding hydrogens is 369 g/mol. The topological polar surface area (TPSA) is 85.1 Å². The number of aromatic nitrogens is 2. The number of nitrogens with zero attached hydrogens (tertiary/aromatic N) is 2. The maximum Gasteiger partial charge on any atom is 0.277 e. The maximum atomic E-state index is 14.1. The van der Waals surface area contributed by atoms with Crippen LogP contribution in [0.4, 0.5) is 10.1 Å². The molecule has 3 rings (SSSR count). The van der Waals surface area contributed by atoms with Gasteiger partial charge < -0.3 is 9.73 Å². The van der Waals surface area contributed by atoms with Crippen molar-refractivity contribution in [2.45, 2.75) is 19.1 Å². The zero-order chi connectivity index (χ0) is 19.4. The van der Waals surface area contributed by atoms with E-state index in [0.717, 1.165) is 29.0 Å². The van der Waals surface area contributed by atoms with Gasteiger partial charge in [-0.3, -0.25) is 9.59 Å². The number of aryl methyl sites for hydroxylation is 1. The standard InChI is InChI=1S/C19H16FN3O3S/c1-11-4-3-5-13(8-11)18-22-23-19(26-18)27-10-17(25)15-7-6-14(9-16(15)20)21-12(2)24/h3-9H,10H2,1-2H3,(H,21,24). The Morgan fingerprint density at radius 3 is 2.70 bits per heavy atom. The van der Waals surface area contributed by atoms with E-state index in [-0.39, 0.29) is 22.4 Å². The summed E-state index contributed by atoms with van der Waals surface area (Å²) in [6, 6.07) is 11.5. The average molecular weight is 385 g/mol. The summed E-state index contributed by atoms with van der Waals surface area (Å²) in [5.41, 5.74) is 2.09. The van der Waals surface area contributed by atoms with E-state index in [1.807, 2.05) is 31.2 Å². The minimum Gasteiger partial charge on any atom is -0.411 e. The zero-order valence-electron chi connectivity index (χ0n) is 14.7. The minimum atomic E-state index is -0.696. The fourth-order valence-corrected chi connectivity index (χ4v) is 3.04. The third-order valence-corrected chi connectivity index (χ3v) is 4.41. The molecule has 0 saturated heterocycles. The predicted octanol–water partition coefficient (Wildman–Crippen LogP) is 4.12. The fourth-order valence-electron chi connectivity index (χ4n) is 2.39. The highest BCUT2D eigenvalue weighted by atomic mass is 32.2. The maximum absolute atomic E-state index is 14.1. The second-order valence-corrected chi connectivity index (χ2v) is 6.76. The first-order valence-corrected chi connectivity index (χ1v) is 9.04. The van der Waals surface area contributed by atoms with Crippen LogP contribution >= 0.6 is 11.8 Å². The number of hydrogen-bond acceptors (Lipinski definition) is 6. The van der Waals surface area contributed by atoms with Gasteiger partial charge in [0.1, 0.15) is 5.82 Å². The molecule has 0 bridgehead atoms. The lowest BCUT2D eigenvalue weighted by Crippen LogP contribution is -2.09. The first-order valence-electron chi connectivity index (χ1n) is 8.06. The van der Waals surface area contributed by atoms with Crippen LogP contribution in [-0.2, 0) is 4.79 Å². The first kappa shape index (κ1) is 18.8. The van der Waals surface area contributed by atoms with Crippen LogP contribution in [-0.4, -0.2) is 27.6 Å². The van der Waals surface area contributed by atoms with Gasteiger partial charge in [0.2, 0.25) is 11.8 Å². The van der Waals surface area contributed by atoms with Crippen LogP contribution < -0.4 is 5.32 Å². The molecule has 2 aromatic carbocycles. The number of ketones is 1. The quantitative estimate of drug-likeness (QED) is 0.508. The molecule has 0 fully saturated rings. The van der Waals surface area contributed by atoms with Crippen molar-refractivity contribution in [1.29, 1.82) is 0 Å². The van der Waals surface area contributed by atoms with Gasteiger partial charge in [0.25, 0.3) is 5.22 Å². The van der Waals surface area contributed by atoms with Gasteiger partial charge in [-0.25, -0.2) is 4.39 Å². The van der Waals surface area contributed by atoms with Gasteiger partial charge in [0.15, 0.2) is 5.78 Å². The molecule has 6 nitrogen and oxygen atoms in total. The molecule has 3 aromatic rings. The van der Waals surface area contributed by atoms with Crippen molar-refractivity contribution in [3.05, 3.63) is 59.4 Å². The van der Waals surface area contributed by atoms with Crippen molar-refractivity contribution in [2.24, 2.45) is 0 Å². The van der Waals surface area contributed by atoms with Crippen LogP contribution in [0.25, 0.3) is 11.5 Å². The molecule has 0 aliphatic rings. The molecule has 0 atom stereocenters. The van der Waals surface area contributed by atoms with Crippen molar-refractivity contribution in [3.8, 4) is 11.5 Å². The lowest BCUT2D eigenvalue weighted by atomic mass is 10.1. The minimum absolute atomic E-state index is 0.0497. The van der Waals surface area contributed by atoms with Crippen LogP contribution in [0.15, 0.2) is 52.1 Å². The highest BCUT2D eigenvalue weighted by Gasteiger charge is 2.16. The summed E-state index contributed by atoms with van der Waals surface area (Å²) < 4.78 is 19.7. The van der Waals surface area contributed by atoms with Crippen LogP contribution in [0.5, 0.6) is 0 Å². The Morgan fingerprint density at radius 2 is 2.00 bits per heavy atom. The number of amides is 1. The third kappa shape index (κ3) is 4.79. The Hall–Kier alpha value is -3.00. The summed E-state index contributed by atoms with van der Waals surface area (Å²) >= 11 is 1.04. The Kier molecular flexibility index (Phi) is 5.66. The Balaban J connectivity index is 1.65. The molecule has 0 radical (unpaired) electrons. The summed E-state index contributed by atoms with van der Waals surface area (Å²) in [4.78, 5) is 23.3.